The Kier molecular flexibility index (Phi) is 7.29. The number of pyridine rings is 1. The first-order valence-corrected chi connectivity index (χ1v) is 13.8. The number of hydrogen-bond donors (Lipinski definition) is 2. The fraction of sp³-hybridized carbons (Fsp3) is 0.233. The van der Waals surface area contributed by atoms with Crippen molar-refractivity contribution >= 4 is 46.2 Å². The first-order chi connectivity index (χ1) is 19.9. The van der Waals surface area contributed by atoms with Gasteiger partial charge in [0.25, 0.3) is 0 Å². The summed E-state index contributed by atoms with van der Waals surface area (Å²) >= 11 is 12.6. The number of methoxy groups -OCH3 is 1. The molecule has 2 aromatic heterocycles. The molecule has 6 rings (SSSR count). The molecule has 11 heteroatoms. The van der Waals surface area contributed by atoms with E-state index in [2.05, 4.69) is 45.0 Å². The molecule has 1 amide bonds. The largest absolute Gasteiger partial charge is 0.454 e. The number of thiocarbonyl (C=S) groups is 1. The van der Waals surface area contributed by atoms with E-state index in [9.17, 15) is 4.79 Å². The van der Waals surface area contributed by atoms with Crippen LogP contribution < -0.4 is 25.0 Å². The molecule has 0 saturated carbocycles. The van der Waals surface area contributed by atoms with Crippen LogP contribution in [-0.2, 0) is 9.53 Å². The number of ether oxygens (including phenoxy) is 3. The summed E-state index contributed by atoms with van der Waals surface area (Å²) in [5.41, 5.74) is 6.31. The molecule has 41 heavy (non-hydrogen) atoms. The Morgan fingerprint density at radius 1 is 1.12 bits per heavy atom. The number of benzene rings is 2. The molecule has 9 nitrogen and oxygen atoms in total. The van der Waals surface area contributed by atoms with Crippen molar-refractivity contribution in [3.05, 3.63) is 94.5 Å². The maximum Gasteiger partial charge on any atom is 0.250 e. The van der Waals surface area contributed by atoms with Gasteiger partial charge in [-0.05, 0) is 80.2 Å². The van der Waals surface area contributed by atoms with E-state index in [1.165, 1.54) is 7.11 Å². The Balaban J connectivity index is 1.44. The smallest absolute Gasteiger partial charge is 0.250 e. The number of anilines is 2. The van der Waals surface area contributed by atoms with Crippen LogP contribution in [0.2, 0.25) is 5.02 Å². The molecular weight excluding hydrogens is 562 g/mol. The first-order valence-electron chi connectivity index (χ1n) is 13.0. The molecule has 1 fully saturated rings. The molecular formula is C30H28ClN5O4S. The van der Waals surface area contributed by atoms with Crippen molar-refractivity contribution in [2.24, 2.45) is 0 Å². The highest BCUT2D eigenvalue weighted by molar-refractivity contribution is 7.80. The van der Waals surface area contributed by atoms with Crippen LogP contribution in [0, 0.1) is 13.8 Å². The van der Waals surface area contributed by atoms with Crippen LogP contribution in [0.15, 0.2) is 66.9 Å². The summed E-state index contributed by atoms with van der Waals surface area (Å²) in [5.74, 6) is 1.17. The zero-order chi connectivity index (χ0) is 28.7. The van der Waals surface area contributed by atoms with Crippen molar-refractivity contribution in [2.75, 3.05) is 30.7 Å². The molecule has 2 aliphatic rings. The molecule has 0 spiro atoms. The van der Waals surface area contributed by atoms with E-state index in [0.717, 1.165) is 45.5 Å². The molecule has 210 valence electrons. The van der Waals surface area contributed by atoms with Crippen LogP contribution in [0.1, 0.15) is 34.7 Å². The first kappa shape index (κ1) is 27.1. The average Bonchev–Trinajstić information content (AvgIpc) is 3.65. The lowest BCUT2D eigenvalue weighted by Crippen LogP contribution is -2.29. The minimum Gasteiger partial charge on any atom is -0.454 e. The van der Waals surface area contributed by atoms with Crippen molar-refractivity contribution in [3.8, 4) is 17.2 Å². The lowest BCUT2D eigenvalue weighted by molar-refractivity contribution is -0.119. The quantitative estimate of drug-likeness (QED) is 0.268. The highest BCUT2D eigenvalue weighted by Gasteiger charge is 2.42. The molecule has 2 aromatic carbocycles. The average molecular weight is 590 g/mol. The highest BCUT2D eigenvalue weighted by atomic mass is 35.5. The van der Waals surface area contributed by atoms with E-state index in [-0.39, 0.29) is 31.4 Å². The van der Waals surface area contributed by atoms with Gasteiger partial charge in [-0.1, -0.05) is 17.7 Å². The lowest BCUT2D eigenvalue weighted by Gasteiger charge is -2.28. The van der Waals surface area contributed by atoms with Gasteiger partial charge in [0.05, 0.1) is 28.5 Å². The SMILES string of the molecule is COCC(=O)Nc1ccc(N2C(=S)N[C@@H](c3ccccn3)[C@H]2c2cc(C)n(-c3ccc4c(c3)OCO4)c2C)cc1Cl. The third-order valence-electron chi connectivity index (χ3n) is 7.28. The number of rotatable bonds is 7. The van der Waals surface area contributed by atoms with Gasteiger partial charge in [0.2, 0.25) is 12.7 Å². The van der Waals surface area contributed by atoms with E-state index in [4.69, 9.17) is 38.0 Å². The van der Waals surface area contributed by atoms with Gasteiger partial charge in [0, 0.05) is 42.1 Å². The van der Waals surface area contributed by atoms with Crippen molar-refractivity contribution in [3.63, 3.8) is 0 Å². The minimum absolute atomic E-state index is 0.0645. The Morgan fingerprint density at radius 3 is 2.68 bits per heavy atom. The molecule has 2 atom stereocenters. The van der Waals surface area contributed by atoms with Crippen LogP contribution in [0.25, 0.3) is 5.69 Å². The predicted octanol–water partition coefficient (Wildman–Crippen LogP) is 5.63. The second kappa shape index (κ2) is 11.0. The van der Waals surface area contributed by atoms with Crippen LogP contribution in [0.3, 0.4) is 0 Å². The zero-order valence-electron chi connectivity index (χ0n) is 22.7. The monoisotopic (exact) mass is 589 g/mol. The number of amides is 1. The maximum absolute atomic E-state index is 12.1. The summed E-state index contributed by atoms with van der Waals surface area (Å²) in [6.45, 7) is 4.33. The molecule has 1 saturated heterocycles. The van der Waals surface area contributed by atoms with Crippen molar-refractivity contribution in [1.82, 2.24) is 14.9 Å². The molecule has 2 N–H and O–H groups in total. The molecule has 0 unspecified atom stereocenters. The molecule has 0 bridgehead atoms. The Bertz CT molecular complexity index is 1640. The van der Waals surface area contributed by atoms with E-state index in [0.29, 0.717) is 15.8 Å². The van der Waals surface area contributed by atoms with Gasteiger partial charge >= 0.3 is 0 Å². The molecule has 0 radical (unpaired) electrons. The summed E-state index contributed by atoms with van der Waals surface area (Å²) in [7, 11) is 1.47. The number of hydrogen-bond acceptors (Lipinski definition) is 6. The normalized spacial score (nSPS) is 17.6. The molecule has 4 aromatic rings. The third kappa shape index (κ3) is 4.99. The van der Waals surface area contributed by atoms with E-state index < -0.39 is 0 Å². The van der Waals surface area contributed by atoms with E-state index in [1.54, 1.807) is 12.3 Å². The number of fused-ring (bicyclic) bond motifs is 1. The Hall–Kier alpha value is -4.12. The Morgan fingerprint density at radius 2 is 1.93 bits per heavy atom. The van der Waals surface area contributed by atoms with Gasteiger partial charge in [-0.15, -0.1) is 0 Å². The van der Waals surface area contributed by atoms with Gasteiger partial charge < -0.3 is 34.3 Å². The molecule has 2 aliphatic heterocycles. The maximum atomic E-state index is 12.1. The summed E-state index contributed by atoms with van der Waals surface area (Å²) in [4.78, 5) is 18.8. The van der Waals surface area contributed by atoms with Gasteiger partial charge in [0.1, 0.15) is 6.61 Å². The number of halogens is 1. The van der Waals surface area contributed by atoms with Crippen LogP contribution in [0.4, 0.5) is 11.4 Å². The second-order valence-corrected chi connectivity index (χ2v) is 10.6. The Labute approximate surface area is 248 Å². The second-order valence-electron chi connectivity index (χ2n) is 9.84. The number of nitrogens with one attached hydrogen (secondary N) is 2. The van der Waals surface area contributed by atoms with Gasteiger partial charge in [-0.25, -0.2) is 0 Å². The van der Waals surface area contributed by atoms with E-state index >= 15 is 0 Å². The summed E-state index contributed by atoms with van der Waals surface area (Å²) in [5, 5.41) is 7.21. The standard InChI is InChI=1S/C30H28ClN5O4S/c1-17-12-21(18(2)35(17)20-8-10-25-26(14-20)40-16-39-25)29-28(24-6-4-5-11-32-24)34-30(41)36(29)19-7-9-23(22(31)13-19)33-27(37)15-38-3/h4-14,28-29H,15-16H2,1-3H3,(H,33,37)(H,34,41)/t28-,29+/m0/s1. The van der Waals surface area contributed by atoms with Crippen LogP contribution in [-0.4, -0.2) is 41.1 Å². The fourth-order valence-corrected chi connectivity index (χ4v) is 6.10. The van der Waals surface area contributed by atoms with Crippen LogP contribution >= 0.6 is 23.8 Å². The van der Waals surface area contributed by atoms with Gasteiger partial charge in [-0.3, -0.25) is 9.78 Å². The summed E-state index contributed by atoms with van der Waals surface area (Å²) < 4.78 is 18.3. The van der Waals surface area contributed by atoms with Crippen molar-refractivity contribution < 1.29 is 19.0 Å². The summed E-state index contributed by atoms with van der Waals surface area (Å²) in [6, 6.07) is 19.0. The minimum atomic E-state index is -0.287. The number of nitrogens with zero attached hydrogens (tertiary/aromatic N) is 3. The predicted molar refractivity (Wildman–Crippen MR) is 161 cm³/mol. The molecule has 0 aliphatic carbocycles. The zero-order valence-corrected chi connectivity index (χ0v) is 24.3. The lowest BCUT2D eigenvalue weighted by atomic mass is 9.96. The number of carbonyl (C=O) groups excluding carboxylic acids is 1. The highest BCUT2D eigenvalue weighted by Crippen LogP contribution is 2.45. The van der Waals surface area contributed by atoms with Crippen molar-refractivity contribution in [1.29, 1.82) is 0 Å². The fourth-order valence-electron chi connectivity index (χ4n) is 5.53. The van der Waals surface area contributed by atoms with Gasteiger partial charge in [0.15, 0.2) is 16.6 Å². The number of aryl methyl sites for hydroxylation is 1. The van der Waals surface area contributed by atoms with Crippen LogP contribution in [0.5, 0.6) is 11.5 Å². The topological polar surface area (TPSA) is 89.9 Å². The molecule has 4 heterocycles. The van der Waals surface area contributed by atoms with Crippen molar-refractivity contribution in [2.45, 2.75) is 25.9 Å². The van der Waals surface area contributed by atoms with Gasteiger partial charge in [-0.2, -0.15) is 0 Å². The van der Waals surface area contributed by atoms with E-state index in [1.807, 2.05) is 48.5 Å². The number of carbonyl (C=O) groups is 1. The summed E-state index contributed by atoms with van der Waals surface area (Å²) in [6.07, 6.45) is 1.78. The number of aromatic nitrogens is 2. The third-order valence-corrected chi connectivity index (χ3v) is 7.91.